The van der Waals surface area contributed by atoms with E-state index in [1.807, 2.05) is 49.4 Å². The number of anilines is 2. The Kier molecular flexibility index (Phi) is 5.51. The average molecular weight is 459 g/mol. The highest BCUT2D eigenvalue weighted by Gasteiger charge is 2.21. The molecule has 0 saturated carbocycles. The predicted molar refractivity (Wildman–Crippen MR) is 131 cm³/mol. The molecule has 1 aliphatic rings. The molecular weight excluding hydrogens is 436 g/mol. The lowest BCUT2D eigenvalue weighted by Crippen LogP contribution is -2.28. The van der Waals surface area contributed by atoms with Crippen molar-refractivity contribution in [2.75, 3.05) is 16.8 Å². The second-order valence-electron chi connectivity index (χ2n) is 8.02. The summed E-state index contributed by atoms with van der Waals surface area (Å²) in [7, 11) is 0. The summed E-state index contributed by atoms with van der Waals surface area (Å²) in [6.07, 6.45) is 2.86. The molecule has 0 unspecified atom stereocenters. The van der Waals surface area contributed by atoms with Crippen molar-refractivity contribution in [3.05, 3.63) is 76.8 Å². The van der Waals surface area contributed by atoms with Crippen LogP contribution in [0.15, 0.2) is 65.7 Å². The maximum atomic E-state index is 13.1. The number of nitrogens with one attached hydrogen (secondary N) is 1. The van der Waals surface area contributed by atoms with E-state index in [-0.39, 0.29) is 23.9 Å². The molecule has 0 radical (unpaired) electrons. The third kappa shape index (κ3) is 4.05. The van der Waals surface area contributed by atoms with Crippen LogP contribution in [0.5, 0.6) is 0 Å². The number of carbonyl (C=O) groups is 2. The van der Waals surface area contributed by atoms with Crippen LogP contribution in [0.25, 0.3) is 20.7 Å². The van der Waals surface area contributed by atoms with Gasteiger partial charge in [0.15, 0.2) is 0 Å². The molecule has 2 aromatic carbocycles. The standard InChI is InChI=1S/C25H22N4O3S/c1-16-22-24(33-23(16)17-6-3-2-4-7-17)26-15-28(25(22)32)14-20(30)27-18-9-11-19(12-10-18)29-13-5-8-21(29)31/h2-4,6-7,9-12,15H,5,8,13-14H2,1H3,(H,27,30). The number of fused-ring (bicyclic) bond motifs is 1. The first kappa shape index (κ1) is 21.1. The molecule has 33 heavy (non-hydrogen) atoms. The van der Waals surface area contributed by atoms with Crippen LogP contribution in [0.2, 0.25) is 0 Å². The van der Waals surface area contributed by atoms with Gasteiger partial charge in [-0.3, -0.25) is 19.0 Å². The fourth-order valence-electron chi connectivity index (χ4n) is 4.14. The summed E-state index contributed by atoms with van der Waals surface area (Å²) in [6, 6.07) is 17.1. The van der Waals surface area contributed by atoms with E-state index in [4.69, 9.17) is 0 Å². The SMILES string of the molecule is Cc1c(-c2ccccc2)sc2ncn(CC(=O)Nc3ccc(N4CCCC4=O)cc3)c(=O)c12. The number of thiophene rings is 1. The number of hydrogen-bond acceptors (Lipinski definition) is 5. The third-order valence-electron chi connectivity index (χ3n) is 5.80. The molecule has 166 valence electrons. The quantitative estimate of drug-likeness (QED) is 0.486. The van der Waals surface area contributed by atoms with E-state index < -0.39 is 0 Å². The lowest BCUT2D eigenvalue weighted by atomic mass is 10.1. The van der Waals surface area contributed by atoms with Crippen LogP contribution >= 0.6 is 11.3 Å². The molecule has 2 amide bonds. The summed E-state index contributed by atoms with van der Waals surface area (Å²) in [5.74, 6) is -0.201. The average Bonchev–Trinajstić information content (AvgIpc) is 3.40. The Morgan fingerprint density at radius 1 is 1.09 bits per heavy atom. The second kappa shape index (κ2) is 8.63. The highest BCUT2D eigenvalue weighted by atomic mass is 32.1. The number of aryl methyl sites for hydroxylation is 1. The van der Waals surface area contributed by atoms with E-state index in [2.05, 4.69) is 10.3 Å². The number of amides is 2. The molecule has 0 bridgehead atoms. The van der Waals surface area contributed by atoms with E-state index in [0.717, 1.165) is 34.7 Å². The second-order valence-corrected chi connectivity index (χ2v) is 9.02. The minimum Gasteiger partial charge on any atom is -0.325 e. The van der Waals surface area contributed by atoms with Gasteiger partial charge in [-0.1, -0.05) is 30.3 Å². The number of carbonyl (C=O) groups excluding carboxylic acids is 2. The minimum atomic E-state index is -0.320. The Morgan fingerprint density at radius 3 is 2.55 bits per heavy atom. The maximum Gasteiger partial charge on any atom is 0.262 e. The maximum absolute atomic E-state index is 13.1. The van der Waals surface area contributed by atoms with E-state index in [1.54, 1.807) is 17.0 Å². The molecule has 3 heterocycles. The minimum absolute atomic E-state index is 0.119. The summed E-state index contributed by atoms with van der Waals surface area (Å²) < 4.78 is 1.34. The van der Waals surface area contributed by atoms with E-state index >= 15 is 0 Å². The van der Waals surface area contributed by atoms with Crippen LogP contribution < -0.4 is 15.8 Å². The largest absolute Gasteiger partial charge is 0.325 e. The van der Waals surface area contributed by atoms with Crippen molar-refractivity contribution in [1.82, 2.24) is 9.55 Å². The van der Waals surface area contributed by atoms with E-state index in [9.17, 15) is 14.4 Å². The summed E-state index contributed by atoms with van der Waals surface area (Å²) >= 11 is 1.48. The highest BCUT2D eigenvalue weighted by Crippen LogP contribution is 2.35. The Morgan fingerprint density at radius 2 is 1.85 bits per heavy atom. The molecule has 0 atom stereocenters. The van der Waals surface area contributed by atoms with Crippen LogP contribution in [-0.2, 0) is 16.1 Å². The predicted octanol–water partition coefficient (Wildman–Crippen LogP) is 4.20. The van der Waals surface area contributed by atoms with Gasteiger partial charge in [0.2, 0.25) is 11.8 Å². The highest BCUT2D eigenvalue weighted by molar-refractivity contribution is 7.22. The molecule has 5 rings (SSSR count). The topological polar surface area (TPSA) is 84.3 Å². The lowest BCUT2D eigenvalue weighted by Gasteiger charge is -2.16. The monoisotopic (exact) mass is 458 g/mol. The summed E-state index contributed by atoms with van der Waals surface area (Å²) in [5, 5.41) is 3.36. The fraction of sp³-hybridized carbons (Fsp3) is 0.200. The summed E-state index contributed by atoms with van der Waals surface area (Å²) in [5.41, 5.74) is 3.12. The number of hydrogen-bond donors (Lipinski definition) is 1. The zero-order valence-corrected chi connectivity index (χ0v) is 18.9. The Bertz CT molecular complexity index is 1410. The zero-order chi connectivity index (χ0) is 22.9. The van der Waals surface area contributed by atoms with Gasteiger partial charge in [0.1, 0.15) is 11.4 Å². The fourth-order valence-corrected chi connectivity index (χ4v) is 5.28. The van der Waals surface area contributed by atoms with Crippen molar-refractivity contribution in [3.63, 3.8) is 0 Å². The van der Waals surface area contributed by atoms with Crippen molar-refractivity contribution in [1.29, 1.82) is 0 Å². The molecule has 4 aromatic rings. The molecule has 1 N–H and O–H groups in total. The molecule has 1 aliphatic heterocycles. The zero-order valence-electron chi connectivity index (χ0n) is 18.1. The number of benzene rings is 2. The normalized spacial score (nSPS) is 13.6. The van der Waals surface area contributed by atoms with Gasteiger partial charge in [-0.05, 0) is 48.7 Å². The Hall–Kier alpha value is -3.78. The smallest absolute Gasteiger partial charge is 0.262 e. The summed E-state index contributed by atoms with van der Waals surface area (Å²) in [4.78, 5) is 45.5. The van der Waals surface area contributed by atoms with Crippen molar-refractivity contribution >= 4 is 44.7 Å². The first-order valence-electron chi connectivity index (χ1n) is 10.8. The molecule has 1 fully saturated rings. The summed E-state index contributed by atoms with van der Waals surface area (Å²) in [6.45, 7) is 2.50. The van der Waals surface area contributed by atoms with Crippen molar-refractivity contribution in [2.24, 2.45) is 0 Å². The molecular formula is C25H22N4O3S. The lowest BCUT2D eigenvalue weighted by molar-refractivity contribution is -0.117. The van der Waals surface area contributed by atoms with Gasteiger partial charge in [-0.25, -0.2) is 4.98 Å². The Balaban J connectivity index is 1.34. The van der Waals surface area contributed by atoms with Gasteiger partial charge in [0, 0.05) is 29.2 Å². The molecule has 7 nitrogen and oxygen atoms in total. The number of aromatic nitrogens is 2. The Labute approximate surface area is 194 Å². The first-order valence-corrected chi connectivity index (χ1v) is 11.6. The van der Waals surface area contributed by atoms with E-state index in [1.165, 1.54) is 22.2 Å². The van der Waals surface area contributed by atoms with Gasteiger partial charge >= 0.3 is 0 Å². The van der Waals surface area contributed by atoms with Crippen LogP contribution in [-0.4, -0.2) is 27.9 Å². The van der Waals surface area contributed by atoms with E-state index in [0.29, 0.717) is 22.3 Å². The van der Waals surface area contributed by atoms with Crippen LogP contribution in [0.1, 0.15) is 18.4 Å². The van der Waals surface area contributed by atoms with Gasteiger partial charge in [0.05, 0.1) is 11.7 Å². The van der Waals surface area contributed by atoms with Crippen LogP contribution in [0.3, 0.4) is 0 Å². The molecule has 2 aromatic heterocycles. The van der Waals surface area contributed by atoms with Crippen molar-refractivity contribution < 1.29 is 9.59 Å². The molecule has 0 aliphatic carbocycles. The first-order chi connectivity index (χ1) is 16.0. The van der Waals surface area contributed by atoms with Gasteiger partial charge in [0.25, 0.3) is 5.56 Å². The van der Waals surface area contributed by atoms with Crippen LogP contribution in [0, 0.1) is 6.92 Å². The molecule has 8 heteroatoms. The van der Waals surface area contributed by atoms with Gasteiger partial charge in [-0.2, -0.15) is 0 Å². The van der Waals surface area contributed by atoms with Crippen LogP contribution in [0.4, 0.5) is 11.4 Å². The molecule has 1 saturated heterocycles. The number of rotatable bonds is 5. The van der Waals surface area contributed by atoms with Gasteiger partial charge < -0.3 is 10.2 Å². The number of nitrogens with zero attached hydrogens (tertiary/aromatic N) is 3. The molecule has 0 spiro atoms. The van der Waals surface area contributed by atoms with Gasteiger partial charge in [-0.15, -0.1) is 11.3 Å². The third-order valence-corrected chi connectivity index (χ3v) is 7.05. The van der Waals surface area contributed by atoms with Crippen molar-refractivity contribution in [3.8, 4) is 10.4 Å². The van der Waals surface area contributed by atoms with Crippen molar-refractivity contribution in [2.45, 2.75) is 26.3 Å².